The van der Waals surface area contributed by atoms with Gasteiger partial charge in [0.15, 0.2) is 0 Å². The summed E-state index contributed by atoms with van der Waals surface area (Å²) < 4.78 is 0. The number of carbonyl (C=O) groups excluding carboxylic acids is 1. The van der Waals surface area contributed by atoms with Gasteiger partial charge in [-0.05, 0) is 44.5 Å². The van der Waals surface area contributed by atoms with Gasteiger partial charge in [0, 0.05) is 29.9 Å². The molecule has 5 heteroatoms. The first-order chi connectivity index (χ1) is 9.44. The Bertz CT molecular complexity index is 606. The van der Waals surface area contributed by atoms with Gasteiger partial charge >= 0.3 is 0 Å². The molecule has 0 radical (unpaired) electrons. The van der Waals surface area contributed by atoms with E-state index >= 15 is 0 Å². The zero-order chi connectivity index (χ0) is 14.8. The minimum atomic E-state index is -0.473. The Morgan fingerprint density at radius 3 is 2.65 bits per heavy atom. The summed E-state index contributed by atoms with van der Waals surface area (Å²) in [5.41, 5.74) is 2.16. The normalized spacial score (nSPS) is 11.2. The van der Waals surface area contributed by atoms with Gasteiger partial charge in [-0.1, -0.05) is 0 Å². The van der Waals surface area contributed by atoms with Crippen LogP contribution in [-0.2, 0) is 5.54 Å². The van der Waals surface area contributed by atoms with Gasteiger partial charge in [-0.25, -0.2) is 4.98 Å². The summed E-state index contributed by atoms with van der Waals surface area (Å²) in [7, 11) is 1.86. The van der Waals surface area contributed by atoms with Crippen molar-refractivity contribution in [2.45, 2.75) is 26.3 Å². The quantitative estimate of drug-likeness (QED) is 0.909. The molecule has 0 saturated carbocycles. The maximum atomic E-state index is 12.4. The lowest BCUT2D eigenvalue weighted by molar-refractivity contribution is 0.0911. The van der Waals surface area contributed by atoms with Crippen LogP contribution >= 0.6 is 11.3 Å². The average molecular weight is 289 g/mol. The van der Waals surface area contributed by atoms with Gasteiger partial charge in [0.2, 0.25) is 0 Å². The fourth-order valence-corrected chi connectivity index (χ4v) is 2.73. The van der Waals surface area contributed by atoms with Crippen LogP contribution in [-0.4, -0.2) is 17.9 Å². The molecule has 106 valence electrons. The van der Waals surface area contributed by atoms with Gasteiger partial charge in [0.1, 0.15) is 5.01 Å². The maximum absolute atomic E-state index is 12.4. The number of nitrogens with one attached hydrogen (secondary N) is 2. The topological polar surface area (TPSA) is 54.0 Å². The number of hydrogen-bond acceptors (Lipinski definition) is 4. The molecule has 0 atom stereocenters. The van der Waals surface area contributed by atoms with Crippen LogP contribution in [0.1, 0.15) is 34.8 Å². The molecule has 0 aliphatic heterocycles. The van der Waals surface area contributed by atoms with E-state index in [9.17, 15) is 4.79 Å². The number of nitrogens with zero attached hydrogens (tertiary/aromatic N) is 1. The number of amides is 1. The lowest BCUT2D eigenvalue weighted by atomic mass is 10.0. The van der Waals surface area contributed by atoms with E-state index in [1.165, 1.54) is 0 Å². The van der Waals surface area contributed by atoms with Crippen molar-refractivity contribution in [3.63, 3.8) is 0 Å². The number of hydrogen-bond donors (Lipinski definition) is 2. The molecule has 0 spiro atoms. The number of thiazole rings is 1. The van der Waals surface area contributed by atoms with Crippen molar-refractivity contribution in [3.8, 4) is 0 Å². The van der Waals surface area contributed by atoms with Crippen molar-refractivity contribution in [3.05, 3.63) is 45.9 Å². The van der Waals surface area contributed by atoms with E-state index in [0.717, 1.165) is 16.3 Å². The molecule has 0 bridgehead atoms. The molecule has 0 aliphatic rings. The Morgan fingerprint density at radius 2 is 2.10 bits per heavy atom. The van der Waals surface area contributed by atoms with Crippen LogP contribution in [0.3, 0.4) is 0 Å². The summed E-state index contributed by atoms with van der Waals surface area (Å²) in [4.78, 5) is 16.7. The summed E-state index contributed by atoms with van der Waals surface area (Å²) >= 11 is 1.54. The zero-order valence-electron chi connectivity index (χ0n) is 12.2. The summed E-state index contributed by atoms with van der Waals surface area (Å²) in [6.07, 6.45) is 1.75. The number of rotatable bonds is 4. The molecule has 2 N–H and O–H groups in total. The van der Waals surface area contributed by atoms with Crippen LogP contribution < -0.4 is 10.6 Å². The lowest BCUT2D eigenvalue weighted by Gasteiger charge is -2.24. The van der Waals surface area contributed by atoms with Crippen LogP contribution in [0.2, 0.25) is 0 Å². The number of carbonyl (C=O) groups is 1. The number of aromatic nitrogens is 1. The van der Waals surface area contributed by atoms with Crippen LogP contribution in [0.15, 0.2) is 29.8 Å². The van der Waals surface area contributed by atoms with Crippen molar-refractivity contribution in [2.24, 2.45) is 0 Å². The number of benzene rings is 1. The first-order valence-corrected chi connectivity index (χ1v) is 7.33. The molecule has 1 heterocycles. The van der Waals surface area contributed by atoms with E-state index in [-0.39, 0.29) is 5.91 Å². The molecule has 1 aromatic carbocycles. The minimum absolute atomic E-state index is 0.0784. The molecule has 0 fully saturated rings. The molecule has 2 aromatic rings. The molecule has 0 saturated heterocycles. The van der Waals surface area contributed by atoms with E-state index in [4.69, 9.17) is 0 Å². The highest BCUT2D eigenvalue weighted by atomic mass is 32.1. The van der Waals surface area contributed by atoms with E-state index in [1.54, 1.807) is 17.5 Å². The van der Waals surface area contributed by atoms with Crippen molar-refractivity contribution in [1.29, 1.82) is 0 Å². The van der Waals surface area contributed by atoms with Gasteiger partial charge in [0.25, 0.3) is 5.91 Å². The highest BCUT2D eigenvalue weighted by molar-refractivity contribution is 7.09. The standard InChI is InChI=1S/C15H19N3OS/c1-10-9-11(16-4)5-6-12(10)13(19)18-15(2,3)14-17-7-8-20-14/h5-9,16H,1-4H3,(H,18,19). The third kappa shape index (κ3) is 2.99. The van der Waals surface area contributed by atoms with Crippen LogP contribution in [0, 0.1) is 6.92 Å². The molecule has 4 nitrogen and oxygen atoms in total. The maximum Gasteiger partial charge on any atom is 0.252 e. The van der Waals surface area contributed by atoms with E-state index in [2.05, 4.69) is 15.6 Å². The van der Waals surface area contributed by atoms with E-state index in [1.807, 2.05) is 51.4 Å². The first kappa shape index (κ1) is 14.5. The van der Waals surface area contributed by atoms with Crippen LogP contribution in [0.4, 0.5) is 5.69 Å². The van der Waals surface area contributed by atoms with Crippen LogP contribution in [0.5, 0.6) is 0 Å². The van der Waals surface area contributed by atoms with Gasteiger partial charge in [0.05, 0.1) is 5.54 Å². The van der Waals surface area contributed by atoms with Crippen molar-refractivity contribution in [1.82, 2.24) is 10.3 Å². The second-order valence-corrected chi connectivity index (χ2v) is 6.09. The number of aryl methyl sites for hydroxylation is 1. The highest BCUT2D eigenvalue weighted by Gasteiger charge is 2.26. The summed E-state index contributed by atoms with van der Waals surface area (Å²) in [5.74, 6) is -0.0784. The minimum Gasteiger partial charge on any atom is -0.388 e. The molecule has 20 heavy (non-hydrogen) atoms. The predicted octanol–water partition coefficient (Wildman–Crippen LogP) is 3.16. The highest BCUT2D eigenvalue weighted by Crippen LogP contribution is 2.23. The Hall–Kier alpha value is -1.88. The largest absolute Gasteiger partial charge is 0.388 e. The zero-order valence-corrected chi connectivity index (χ0v) is 13.0. The molecule has 0 aliphatic carbocycles. The molecule has 1 amide bonds. The Kier molecular flexibility index (Phi) is 4.09. The Labute approximate surface area is 123 Å². The van der Waals surface area contributed by atoms with Crippen molar-refractivity contribution < 1.29 is 4.79 Å². The van der Waals surface area contributed by atoms with Gasteiger partial charge in [-0.15, -0.1) is 11.3 Å². The molecular weight excluding hydrogens is 270 g/mol. The Balaban J connectivity index is 2.20. The molecular formula is C15H19N3OS. The fraction of sp³-hybridized carbons (Fsp3) is 0.333. The third-order valence-corrected chi connectivity index (χ3v) is 4.25. The summed E-state index contributed by atoms with van der Waals surface area (Å²) in [5, 5.41) is 8.92. The average Bonchev–Trinajstić information content (AvgIpc) is 2.92. The molecule has 0 unspecified atom stereocenters. The van der Waals surface area contributed by atoms with E-state index in [0.29, 0.717) is 5.56 Å². The van der Waals surface area contributed by atoms with E-state index < -0.39 is 5.54 Å². The van der Waals surface area contributed by atoms with Crippen molar-refractivity contribution >= 4 is 22.9 Å². The Morgan fingerprint density at radius 1 is 1.35 bits per heavy atom. The predicted molar refractivity (Wildman–Crippen MR) is 83.3 cm³/mol. The van der Waals surface area contributed by atoms with Crippen molar-refractivity contribution in [2.75, 3.05) is 12.4 Å². The fourth-order valence-electron chi connectivity index (χ4n) is 2.01. The summed E-state index contributed by atoms with van der Waals surface area (Å²) in [6.45, 7) is 5.86. The number of anilines is 1. The lowest BCUT2D eigenvalue weighted by Crippen LogP contribution is -2.41. The smallest absolute Gasteiger partial charge is 0.252 e. The molecule has 1 aromatic heterocycles. The van der Waals surface area contributed by atoms with Gasteiger partial charge in [-0.3, -0.25) is 4.79 Å². The summed E-state index contributed by atoms with van der Waals surface area (Å²) in [6, 6.07) is 5.71. The third-order valence-electron chi connectivity index (χ3n) is 3.15. The first-order valence-electron chi connectivity index (χ1n) is 6.45. The van der Waals surface area contributed by atoms with Crippen LogP contribution in [0.25, 0.3) is 0 Å². The SMILES string of the molecule is CNc1ccc(C(=O)NC(C)(C)c2nccs2)c(C)c1. The second kappa shape index (κ2) is 5.63. The second-order valence-electron chi connectivity index (χ2n) is 5.20. The van der Waals surface area contributed by atoms with Gasteiger partial charge in [-0.2, -0.15) is 0 Å². The monoisotopic (exact) mass is 289 g/mol. The molecule has 2 rings (SSSR count). The van der Waals surface area contributed by atoms with Gasteiger partial charge < -0.3 is 10.6 Å².